The fourth-order valence-corrected chi connectivity index (χ4v) is 2.94. The first kappa shape index (κ1) is 17.8. The molecule has 0 saturated heterocycles. The lowest BCUT2D eigenvalue weighted by atomic mass is 10.1. The highest BCUT2D eigenvalue weighted by atomic mass is 19.1. The van der Waals surface area contributed by atoms with Gasteiger partial charge in [0.1, 0.15) is 5.82 Å². The molecule has 0 unspecified atom stereocenters. The van der Waals surface area contributed by atoms with Gasteiger partial charge in [0.2, 0.25) is 5.91 Å². The van der Waals surface area contributed by atoms with Crippen molar-refractivity contribution in [3.63, 3.8) is 0 Å². The van der Waals surface area contributed by atoms with E-state index in [-0.39, 0.29) is 36.4 Å². The maximum atomic E-state index is 13.8. The first-order valence-electron chi connectivity index (χ1n) is 8.39. The fraction of sp³-hybridized carbons (Fsp3) is 0.250. The van der Waals surface area contributed by atoms with Crippen molar-refractivity contribution in [1.82, 2.24) is 4.90 Å². The van der Waals surface area contributed by atoms with Crippen LogP contribution >= 0.6 is 0 Å². The maximum absolute atomic E-state index is 13.8. The summed E-state index contributed by atoms with van der Waals surface area (Å²) < 4.78 is 13.8. The SMILES string of the molecule is Cc1ccc(NC(=O)CCCN2C(=O)c3ccc(C)cc3C2=O)c(F)c1. The van der Waals surface area contributed by atoms with E-state index in [4.69, 9.17) is 0 Å². The highest BCUT2D eigenvalue weighted by Crippen LogP contribution is 2.24. The van der Waals surface area contributed by atoms with E-state index >= 15 is 0 Å². The smallest absolute Gasteiger partial charge is 0.261 e. The van der Waals surface area contributed by atoms with Gasteiger partial charge >= 0.3 is 0 Å². The van der Waals surface area contributed by atoms with Crippen LogP contribution in [0.4, 0.5) is 10.1 Å². The highest BCUT2D eigenvalue weighted by Gasteiger charge is 2.34. The van der Waals surface area contributed by atoms with Crippen LogP contribution in [0.5, 0.6) is 0 Å². The Morgan fingerprint density at radius 3 is 2.38 bits per heavy atom. The van der Waals surface area contributed by atoms with E-state index in [1.165, 1.54) is 12.1 Å². The van der Waals surface area contributed by atoms with Crippen molar-refractivity contribution in [3.05, 3.63) is 64.5 Å². The van der Waals surface area contributed by atoms with E-state index in [1.807, 2.05) is 6.92 Å². The average Bonchev–Trinajstić information content (AvgIpc) is 2.82. The molecule has 0 aromatic heterocycles. The highest BCUT2D eigenvalue weighted by molar-refractivity contribution is 6.21. The Morgan fingerprint density at radius 2 is 1.65 bits per heavy atom. The van der Waals surface area contributed by atoms with E-state index in [1.54, 1.807) is 31.2 Å². The molecule has 1 N–H and O–H groups in total. The van der Waals surface area contributed by atoms with Gasteiger partial charge in [-0.05, 0) is 50.1 Å². The van der Waals surface area contributed by atoms with E-state index in [0.717, 1.165) is 16.0 Å². The number of halogens is 1. The molecule has 0 saturated carbocycles. The van der Waals surface area contributed by atoms with Gasteiger partial charge in [0.15, 0.2) is 0 Å². The normalized spacial score (nSPS) is 13.1. The molecule has 5 nitrogen and oxygen atoms in total. The number of aryl methyl sites for hydroxylation is 2. The molecule has 1 heterocycles. The molecule has 1 aliphatic heterocycles. The van der Waals surface area contributed by atoms with Crippen LogP contribution in [0.3, 0.4) is 0 Å². The molecule has 2 aromatic rings. The zero-order chi connectivity index (χ0) is 18.8. The fourth-order valence-electron chi connectivity index (χ4n) is 2.94. The Morgan fingerprint density at radius 1 is 1.00 bits per heavy atom. The van der Waals surface area contributed by atoms with E-state index < -0.39 is 5.82 Å². The van der Waals surface area contributed by atoms with Crippen LogP contribution in [0, 0.1) is 19.7 Å². The predicted octanol–water partition coefficient (Wildman–Crippen LogP) is 3.46. The van der Waals surface area contributed by atoms with Gasteiger partial charge in [-0.25, -0.2) is 4.39 Å². The zero-order valence-electron chi connectivity index (χ0n) is 14.6. The number of carbonyl (C=O) groups excluding carboxylic acids is 3. The maximum Gasteiger partial charge on any atom is 0.261 e. The molecular formula is C20H19FN2O3. The minimum atomic E-state index is -0.492. The van der Waals surface area contributed by atoms with Gasteiger partial charge in [-0.1, -0.05) is 17.7 Å². The molecule has 3 amide bonds. The molecule has 0 spiro atoms. The Hall–Kier alpha value is -3.02. The van der Waals surface area contributed by atoms with Gasteiger partial charge in [0.05, 0.1) is 16.8 Å². The number of anilines is 1. The third-order valence-electron chi connectivity index (χ3n) is 4.31. The standard InChI is InChI=1S/C20H19FN2O3/c1-12-5-7-14-15(10-12)20(26)23(19(14)25)9-3-4-18(24)22-17-8-6-13(2)11-16(17)21/h5-8,10-11H,3-4,9H2,1-2H3,(H,22,24). The molecule has 3 rings (SSSR count). The van der Waals surface area contributed by atoms with Crippen molar-refractivity contribution in [2.45, 2.75) is 26.7 Å². The summed E-state index contributed by atoms with van der Waals surface area (Å²) in [7, 11) is 0. The van der Waals surface area contributed by atoms with Gasteiger partial charge in [-0.15, -0.1) is 0 Å². The van der Waals surface area contributed by atoms with Crippen molar-refractivity contribution < 1.29 is 18.8 Å². The van der Waals surface area contributed by atoms with Crippen LogP contribution in [0.25, 0.3) is 0 Å². The second-order valence-corrected chi connectivity index (χ2v) is 6.45. The molecule has 6 heteroatoms. The number of amides is 3. The van der Waals surface area contributed by atoms with Crippen LogP contribution < -0.4 is 5.32 Å². The van der Waals surface area contributed by atoms with Crippen molar-refractivity contribution in [2.24, 2.45) is 0 Å². The minimum Gasteiger partial charge on any atom is -0.324 e. The first-order chi connectivity index (χ1) is 12.4. The second-order valence-electron chi connectivity index (χ2n) is 6.45. The second kappa shape index (κ2) is 7.07. The third kappa shape index (κ3) is 3.49. The molecule has 0 aliphatic carbocycles. The number of nitrogens with one attached hydrogen (secondary N) is 1. The topological polar surface area (TPSA) is 66.5 Å². The van der Waals surface area contributed by atoms with Crippen LogP contribution in [-0.2, 0) is 4.79 Å². The van der Waals surface area contributed by atoms with Crippen molar-refractivity contribution in [3.8, 4) is 0 Å². The third-order valence-corrected chi connectivity index (χ3v) is 4.31. The molecule has 0 bridgehead atoms. The Kier molecular flexibility index (Phi) is 4.84. The van der Waals surface area contributed by atoms with Gasteiger partial charge in [0, 0.05) is 13.0 Å². The van der Waals surface area contributed by atoms with Gasteiger partial charge in [0.25, 0.3) is 11.8 Å². The monoisotopic (exact) mass is 354 g/mol. The lowest BCUT2D eigenvalue weighted by Gasteiger charge is -2.13. The number of hydrogen-bond acceptors (Lipinski definition) is 3. The molecule has 0 radical (unpaired) electrons. The molecule has 2 aromatic carbocycles. The number of fused-ring (bicyclic) bond motifs is 1. The number of imide groups is 1. The van der Waals surface area contributed by atoms with Crippen LogP contribution in [0.1, 0.15) is 44.7 Å². The predicted molar refractivity (Wildman–Crippen MR) is 95.5 cm³/mol. The van der Waals surface area contributed by atoms with Crippen LogP contribution in [-0.4, -0.2) is 29.2 Å². The van der Waals surface area contributed by atoms with Crippen molar-refractivity contribution >= 4 is 23.4 Å². The molecular weight excluding hydrogens is 335 g/mol. The number of rotatable bonds is 5. The zero-order valence-corrected chi connectivity index (χ0v) is 14.6. The number of hydrogen-bond donors (Lipinski definition) is 1. The Balaban J connectivity index is 1.56. The number of nitrogens with zero attached hydrogens (tertiary/aromatic N) is 1. The molecule has 26 heavy (non-hydrogen) atoms. The summed E-state index contributed by atoms with van der Waals surface area (Å²) in [5.41, 5.74) is 2.59. The summed E-state index contributed by atoms with van der Waals surface area (Å²) in [6, 6.07) is 9.70. The van der Waals surface area contributed by atoms with Gasteiger partial charge < -0.3 is 5.32 Å². The molecule has 0 atom stereocenters. The van der Waals surface area contributed by atoms with Crippen LogP contribution in [0.2, 0.25) is 0 Å². The van der Waals surface area contributed by atoms with E-state index in [2.05, 4.69) is 5.32 Å². The van der Waals surface area contributed by atoms with Gasteiger partial charge in [-0.2, -0.15) is 0 Å². The van der Waals surface area contributed by atoms with E-state index in [9.17, 15) is 18.8 Å². The summed E-state index contributed by atoms with van der Waals surface area (Å²) in [6.45, 7) is 3.77. The Bertz CT molecular complexity index is 908. The van der Waals surface area contributed by atoms with E-state index in [0.29, 0.717) is 17.5 Å². The van der Waals surface area contributed by atoms with Gasteiger partial charge in [-0.3, -0.25) is 19.3 Å². The summed E-state index contributed by atoms with van der Waals surface area (Å²) in [6.07, 6.45) is 0.392. The number of carbonyl (C=O) groups is 3. The summed E-state index contributed by atoms with van der Waals surface area (Å²) in [5.74, 6) is -1.53. The average molecular weight is 354 g/mol. The summed E-state index contributed by atoms with van der Waals surface area (Å²) in [4.78, 5) is 37.8. The summed E-state index contributed by atoms with van der Waals surface area (Å²) in [5, 5.41) is 2.51. The summed E-state index contributed by atoms with van der Waals surface area (Å²) >= 11 is 0. The molecule has 1 aliphatic rings. The first-order valence-corrected chi connectivity index (χ1v) is 8.39. The Labute approximate surface area is 150 Å². The van der Waals surface area contributed by atoms with Crippen LogP contribution in [0.15, 0.2) is 36.4 Å². The molecule has 134 valence electrons. The lowest BCUT2D eigenvalue weighted by molar-refractivity contribution is -0.116. The minimum absolute atomic E-state index is 0.0831. The number of benzene rings is 2. The largest absolute Gasteiger partial charge is 0.324 e. The lowest BCUT2D eigenvalue weighted by Crippen LogP contribution is -2.31. The molecule has 0 fully saturated rings. The van der Waals surface area contributed by atoms with Crippen molar-refractivity contribution in [2.75, 3.05) is 11.9 Å². The van der Waals surface area contributed by atoms with Crippen molar-refractivity contribution in [1.29, 1.82) is 0 Å². The quantitative estimate of drug-likeness (QED) is 0.836.